The number of sulfonamides is 1. The summed E-state index contributed by atoms with van der Waals surface area (Å²) in [5, 5.41) is 4.28. The molecule has 0 atom stereocenters. The van der Waals surface area contributed by atoms with Gasteiger partial charge < -0.3 is 0 Å². The van der Waals surface area contributed by atoms with Crippen molar-refractivity contribution in [3.05, 3.63) is 30.1 Å². The number of nitrogens with zero attached hydrogens (tertiary/aromatic N) is 1. The second kappa shape index (κ2) is 5.05. The summed E-state index contributed by atoms with van der Waals surface area (Å²) in [6.07, 6.45) is 5.98. The minimum absolute atomic E-state index is 0.0436. The highest BCUT2D eigenvalue weighted by Gasteiger charge is 2.46. The van der Waals surface area contributed by atoms with E-state index in [2.05, 4.69) is 9.93 Å². The molecule has 0 radical (unpaired) electrons. The second-order valence-corrected chi connectivity index (χ2v) is 8.55. The molecule has 0 saturated heterocycles. The van der Waals surface area contributed by atoms with Gasteiger partial charge in [-0.2, -0.15) is 13.5 Å². The van der Waals surface area contributed by atoms with E-state index in [0.29, 0.717) is 11.8 Å². The van der Waals surface area contributed by atoms with Crippen LogP contribution in [-0.2, 0) is 10.0 Å². The van der Waals surface area contributed by atoms with E-state index in [-0.39, 0.29) is 4.90 Å². The van der Waals surface area contributed by atoms with Crippen molar-refractivity contribution in [1.29, 1.82) is 0 Å². The molecular weight excluding hydrogens is 303 g/mol. The lowest BCUT2D eigenvalue weighted by Gasteiger charge is -2.50. The van der Waals surface area contributed by atoms with E-state index in [4.69, 9.17) is 0 Å². The van der Waals surface area contributed by atoms with Crippen LogP contribution in [0.2, 0.25) is 0 Å². The zero-order valence-corrected chi connectivity index (χ0v) is 13.0. The molecule has 4 bridgehead atoms. The van der Waals surface area contributed by atoms with Crippen molar-refractivity contribution < 1.29 is 12.8 Å². The monoisotopic (exact) mass is 322 g/mol. The van der Waals surface area contributed by atoms with Gasteiger partial charge in [-0.15, -0.1) is 0 Å². The third-order valence-electron chi connectivity index (χ3n) is 5.39. The number of hydrogen-bond acceptors (Lipinski definition) is 3. The highest BCUT2D eigenvalue weighted by atomic mass is 32.2. The van der Waals surface area contributed by atoms with Crippen molar-refractivity contribution in [3.8, 4) is 0 Å². The van der Waals surface area contributed by atoms with Gasteiger partial charge in [0.15, 0.2) is 0 Å². The predicted molar refractivity (Wildman–Crippen MR) is 81.2 cm³/mol. The summed E-state index contributed by atoms with van der Waals surface area (Å²) in [5.74, 6) is 2.08. The fourth-order valence-corrected chi connectivity index (χ4v) is 5.45. The van der Waals surface area contributed by atoms with Crippen LogP contribution in [0.25, 0.3) is 0 Å². The fourth-order valence-electron chi connectivity index (χ4n) is 4.63. The molecule has 4 aliphatic rings. The van der Waals surface area contributed by atoms with Crippen LogP contribution in [0.4, 0.5) is 4.39 Å². The van der Waals surface area contributed by atoms with Crippen LogP contribution in [0, 0.1) is 29.5 Å². The zero-order chi connectivity index (χ0) is 15.3. The van der Waals surface area contributed by atoms with Crippen LogP contribution in [0.3, 0.4) is 0 Å². The largest absolute Gasteiger partial charge is 0.276 e. The van der Waals surface area contributed by atoms with Crippen molar-refractivity contribution in [3.63, 3.8) is 0 Å². The molecule has 22 heavy (non-hydrogen) atoms. The maximum absolute atomic E-state index is 12.9. The Labute approximate surface area is 129 Å². The van der Waals surface area contributed by atoms with Gasteiger partial charge in [0.1, 0.15) is 5.82 Å². The van der Waals surface area contributed by atoms with E-state index < -0.39 is 15.8 Å². The Morgan fingerprint density at radius 2 is 1.50 bits per heavy atom. The van der Waals surface area contributed by atoms with Gasteiger partial charge in [0.2, 0.25) is 0 Å². The van der Waals surface area contributed by atoms with Crippen LogP contribution >= 0.6 is 0 Å². The van der Waals surface area contributed by atoms with Crippen molar-refractivity contribution in [2.24, 2.45) is 28.8 Å². The first-order chi connectivity index (χ1) is 10.5. The summed E-state index contributed by atoms with van der Waals surface area (Å²) in [6.45, 7) is 0. The van der Waals surface area contributed by atoms with Crippen molar-refractivity contribution >= 4 is 15.7 Å². The highest BCUT2D eigenvalue weighted by molar-refractivity contribution is 7.89. The van der Waals surface area contributed by atoms with E-state index in [1.165, 1.54) is 18.6 Å². The summed E-state index contributed by atoms with van der Waals surface area (Å²) < 4.78 is 37.4. The van der Waals surface area contributed by atoms with Gasteiger partial charge in [-0.3, -0.25) is 0 Å². The number of nitrogens with one attached hydrogen (secondary N) is 1. The summed E-state index contributed by atoms with van der Waals surface area (Å²) >= 11 is 0. The summed E-state index contributed by atoms with van der Waals surface area (Å²) in [6, 6.07) is 4.80. The molecule has 5 rings (SSSR count). The van der Waals surface area contributed by atoms with Gasteiger partial charge >= 0.3 is 0 Å². The van der Waals surface area contributed by atoms with Crippen molar-refractivity contribution in [2.45, 2.75) is 37.0 Å². The first kappa shape index (κ1) is 14.2. The molecule has 0 unspecified atom stereocenters. The topological polar surface area (TPSA) is 58.5 Å². The standard InChI is InChI=1S/C16H19FN2O2S/c17-14-1-3-15(4-2-14)22(20,21)19-18-16-12-6-10-5-11(8-12)9-13(16)7-10/h1-4,10-13,19H,5-9H2. The van der Waals surface area contributed by atoms with Gasteiger partial charge in [0.05, 0.1) is 4.90 Å². The molecule has 0 aromatic heterocycles. The molecule has 4 fully saturated rings. The van der Waals surface area contributed by atoms with Crippen LogP contribution in [0.1, 0.15) is 32.1 Å². The van der Waals surface area contributed by atoms with Gasteiger partial charge in [0.25, 0.3) is 10.0 Å². The van der Waals surface area contributed by atoms with E-state index in [9.17, 15) is 12.8 Å². The van der Waals surface area contributed by atoms with Crippen LogP contribution in [0.15, 0.2) is 34.3 Å². The maximum Gasteiger partial charge on any atom is 0.276 e. The molecule has 6 heteroatoms. The van der Waals surface area contributed by atoms with Gasteiger partial charge in [-0.05, 0) is 80.0 Å². The lowest BCUT2D eigenvalue weighted by Crippen LogP contribution is -2.46. The van der Waals surface area contributed by atoms with E-state index in [1.807, 2.05) is 0 Å². The Hall–Kier alpha value is -1.43. The molecule has 1 aromatic rings. The lowest BCUT2D eigenvalue weighted by atomic mass is 9.55. The first-order valence-corrected chi connectivity index (χ1v) is 9.34. The van der Waals surface area contributed by atoms with E-state index in [0.717, 1.165) is 55.4 Å². The molecule has 0 aliphatic heterocycles. The Kier molecular flexibility index (Phi) is 3.25. The molecule has 118 valence electrons. The molecule has 1 N–H and O–H groups in total. The van der Waals surface area contributed by atoms with Crippen LogP contribution < -0.4 is 4.83 Å². The summed E-state index contributed by atoms with van der Waals surface area (Å²) in [7, 11) is -3.71. The Morgan fingerprint density at radius 1 is 0.955 bits per heavy atom. The van der Waals surface area contributed by atoms with Crippen LogP contribution in [0.5, 0.6) is 0 Å². The zero-order valence-electron chi connectivity index (χ0n) is 12.2. The van der Waals surface area contributed by atoms with E-state index >= 15 is 0 Å². The SMILES string of the molecule is O=S(=O)(NN=C1C2CC3CC(C2)CC1C3)c1ccc(F)cc1. The Morgan fingerprint density at radius 3 is 2.05 bits per heavy atom. The van der Waals surface area contributed by atoms with Crippen molar-refractivity contribution in [2.75, 3.05) is 0 Å². The molecular formula is C16H19FN2O2S. The smallest absolute Gasteiger partial charge is 0.207 e. The Bertz CT molecular complexity index is 682. The molecule has 0 spiro atoms. The third kappa shape index (κ3) is 2.43. The maximum atomic E-state index is 12.9. The van der Waals surface area contributed by atoms with Crippen LogP contribution in [-0.4, -0.2) is 14.1 Å². The van der Waals surface area contributed by atoms with E-state index in [1.54, 1.807) is 0 Å². The average Bonchev–Trinajstić information content (AvgIpc) is 2.46. The van der Waals surface area contributed by atoms with Crippen molar-refractivity contribution in [1.82, 2.24) is 4.83 Å². The number of hydrazone groups is 1. The number of benzene rings is 1. The highest BCUT2D eigenvalue weighted by Crippen LogP contribution is 2.52. The third-order valence-corrected chi connectivity index (χ3v) is 6.62. The second-order valence-electron chi connectivity index (χ2n) is 6.89. The van der Waals surface area contributed by atoms with Gasteiger partial charge in [-0.25, -0.2) is 9.22 Å². The molecule has 0 heterocycles. The first-order valence-electron chi connectivity index (χ1n) is 7.86. The number of rotatable bonds is 3. The molecule has 0 amide bonds. The van der Waals surface area contributed by atoms with Gasteiger partial charge in [0, 0.05) is 5.71 Å². The normalized spacial score (nSPS) is 33.0. The Balaban J connectivity index is 1.55. The molecule has 4 aliphatic carbocycles. The molecule has 4 nitrogen and oxygen atoms in total. The minimum atomic E-state index is -3.71. The molecule has 1 aromatic carbocycles. The molecule has 4 saturated carbocycles. The summed E-state index contributed by atoms with van der Waals surface area (Å²) in [5.41, 5.74) is 1.04. The number of halogens is 1. The number of hydrogen-bond donors (Lipinski definition) is 1. The quantitative estimate of drug-likeness (QED) is 0.870. The fraction of sp³-hybridized carbons (Fsp3) is 0.562. The minimum Gasteiger partial charge on any atom is -0.207 e. The predicted octanol–water partition coefficient (Wildman–Crippen LogP) is 2.92. The average molecular weight is 322 g/mol. The lowest BCUT2D eigenvalue weighted by molar-refractivity contribution is 0.108. The van der Waals surface area contributed by atoms with Gasteiger partial charge in [-0.1, -0.05) is 0 Å². The summed E-state index contributed by atoms with van der Waals surface area (Å²) in [4.78, 5) is 2.40.